The van der Waals surface area contributed by atoms with Gasteiger partial charge in [0.05, 0.1) is 18.2 Å². The molecule has 11 nitrogen and oxygen atoms in total. The Morgan fingerprint density at radius 3 is 2.44 bits per heavy atom. The number of aliphatic hydroxyl groups is 2. The SMILES string of the molecule is C=CCO[C@@]12Oc3ccc(Oc4ccc5ccccc5c4)cc3[C@H]3[C@H](CCCCO)[C@@H](CCCCO)C=C(C(=NOC)C[C@@H]1N(Cc1ccc4c(c1)OCO4)C(=O)C1CC1)[C@H]32. The molecule has 2 heterocycles. The van der Waals surface area contributed by atoms with Crippen molar-refractivity contribution in [3.8, 4) is 28.7 Å². The summed E-state index contributed by atoms with van der Waals surface area (Å²) in [7, 11) is 1.57. The molecule has 2 N–H and O–H groups in total. The van der Waals surface area contributed by atoms with E-state index < -0.39 is 17.7 Å². The van der Waals surface area contributed by atoms with Crippen LogP contribution in [0.25, 0.3) is 10.8 Å². The summed E-state index contributed by atoms with van der Waals surface area (Å²) < 4.78 is 32.7. The number of rotatable bonds is 18. The molecule has 9 rings (SSSR count). The highest BCUT2D eigenvalue weighted by Crippen LogP contribution is 2.62. The molecule has 2 aliphatic heterocycles. The van der Waals surface area contributed by atoms with Crippen LogP contribution in [-0.2, 0) is 20.9 Å². The van der Waals surface area contributed by atoms with Crippen molar-refractivity contribution in [1.82, 2.24) is 4.90 Å². The number of unbranched alkanes of at least 4 members (excludes halogenated alkanes) is 2. The van der Waals surface area contributed by atoms with Crippen LogP contribution in [0.2, 0.25) is 0 Å². The summed E-state index contributed by atoms with van der Waals surface area (Å²) in [6.07, 6.45) is 10.8. The Hall–Kier alpha value is -5.36. The number of aliphatic hydroxyl groups excluding tert-OH is 2. The second kappa shape index (κ2) is 17.9. The lowest BCUT2D eigenvalue weighted by Crippen LogP contribution is -2.70. The second-order valence-corrected chi connectivity index (χ2v) is 17.0. The van der Waals surface area contributed by atoms with E-state index in [-0.39, 0.29) is 56.2 Å². The lowest BCUT2D eigenvalue weighted by atomic mass is 9.55. The number of carbonyl (C=O) groups excluding carboxylic acids is 1. The first-order valence-corrected chi connectivity index (χ1v) is 21.9. The summed E-state index contributed by atoms with van der Waals surface area (Å²) >= 11 is 0. The van der Waals surface area contributed by atoms with Gasteiger partial charge in [-0.1, -0.05) is 66.5 Å². The van der Waals surface area contributed by atoms with Gasteiger partial charge in [-0.25, -0.2) is 0 Å². The smallest absolute Gasteiger partial charge is 0.239 e. The van der Waals surface area contributed by atoms with Crippen molar-refractivity contribution in [3.05, 3.63) is 114 Å². The molecule has 2 fully saturated rings. The molecule has 3 aliphatic carbocycles. The Kier molecular flexibility index (Phi) is 12.1. The van der Waals surface area contributed by atoms with Crippen molar-refractivity contribution < 1.29 is 43.5 Å². The van der Waals surface area contributed by atoms with Crippen LogP contribution in [-0.4, -0.2) is 72.3 Å². The van der Waals surface area contributed by atoms with Crippen LogP contribution in [0.5, 0.6) is 28.7 Å². The molecule has 0 spiro atoms. The van der Waals surface area contributed by atoms with Gasteiger partial charge in [0.25, 0.3) is 0 Å². The molecule has 61 heavy (non-hydrogen) atoms. The van der Waals surface area contributed by atoms with Crippen LogP contribution in [0, 0.1) is 23.7 Å². The highest BCUT2D eigenvalue weighted by Gasteiger charge is 2.66. The number of amides is 1. The van der Waals surface area contributed by atoms with Gasteiger partial charge in [-0.15, -0.1) is 6.58 Å². The molecule has 320 valence electrons. The van der Waals surface area contributed by atoms with Crippen LogP contribution in [0.3, 0.4) is 0 Å². The topological polar surface area (TPSA) is 129 Å². The molecule has 2 saturated carbocycles. The molecule has 4 aromatic rings. The van der Waals surface area contributed by atoms with Gasteiger partial charge in [0.2, 0.25) is 18.5 Å². The first-order valence-electron chi connectivity index (χ1n) is 21.9. The highest BCUT2D eigenvalue weighted by molar-refractivity contribution is 6.03. The van der Waals surface area contributed by atoms with Crippen molar-refractivity contribution in [2.75, 3.05) is 33.7 Å². The lowest BCUT2D eigenvalue weighted by Gasteiger charge is -2.60. The third-order valence-electron chi connectivity index (χ3n) is 13.2. The highest BCUT2D eigenvalue weighted by atomic mass is 16.7. The number of oxime groups is 1. The van der Waals surface area contributed by atoms with E-state index in [9.17, 15) is 15.0 Å². The minimum absolute atomic E-state index is 0.0516. The van der Waals surface area contributed by atoms with E-state index in [1.54, 1.807) is 13.2 Å². The van der Waals surface area contributed by atoms with Gasteiger partial charge in [0.1, 0.15) is 30.4 Å². The predicted molar refractivity (Wildman–Crippen MR) is 232 cm³/mol. The summed E-state index contributed by atoms with van der Waals surface area (Å²) in [4.78, 5) is 22.4. The van der Waals surface area contributed by atoms with Gasteiger partial charge in [0, 0.05) is 43.6 Å². The van der Waals surface area contributed by atoms with Crippen LogP contribution in [0.1, 0.15) is 74.8 Å². The van der Waals surface area contributed by atoms with Gasteiger partial charge in [-0.2, -0.15) is 0 Å². The molecule has 11 heteroatoms. The number of allylic oxidation sites excluding steroid dienone is 1. The maximum Gasteiger partial charge on any atom is 0.239 e. The van der Waals surface area contributed by atoms with E-state index in [1.807, 2.05) is 53.4 Å². The summed E-state index contributed by atoms with van der Waals surface area (Å²) in [6.45, 7) is 4.94. The van der Waals surface area contributed by atoms with Gasteiger partial charge in [-0.05, 0) is 115 Å². The largest absolute Gasteiger partial charge is 0.459 e. The molecule has 0 bridgehead atoms. The van der Waals surface area contributed by atoms with E-state index in [2.05, 4.69) is 43.0 Å². The normalized spacial score (nSPS) is 25.3. The third-order valence-corrected chi connectivity index (χ3v) is 13.2. The zero-order valence-corrected chi connectivity index (χ0v) is 34.9. The standard InChI is InChI=1S/C50H56N2O9/c1-3-24-59-50-46(52(49(55)34-15-16-34)30-32-14-20-44-45(25-32)58-31-57-44)29-42(51-56-2)40-27-36(12-6-8-22-53)39(13-7-9-23-54)47(48(40)50)41-28-38(19-21-43(41)61-50)60-37-18-17-33-10-4-5-11-35(33)26-37/h3-5,10-11,14,17-21,25-28,34,36,39,46-48,53-54H,1,6-9,12-13,15-16,22-24,29-31H2,2H3/t36-,39+,46-,47+,48+,50+/m0/s1. The zero-order chi connectivity index (χ0) is 41.9. The molecule has 0 saturated heterocycles. The first kappa shape index (κ1) is 41.0. The van der Waals surface area contributed by atoms with E-state index >= 15 is 0 Å². The van der Waals surface area contributed by atoms with Crippen molar-refractivity contribution >= 4 is 22.4 Å². The summed E-state index contributed by atoms with van der Waals surface area (Å²) in [5.41, 5.74) is 3.66. The quantitative estimate of drug-likeness (QED) is 0.0574. The first-order chi connectivity index (χ1) is 29.9. The number of fused-ring (bicyclic) bond motifs is 4. The Morgan fingerprint density at radius 2 is 1.66 bits per heavy atom. The molecule has 1 amide bonds. The molecular weight excluding hydrogens is 773 g/mol. The number of carbonyl (C=O) groups is 1. The van der Waals surface area contributed by atoms with Crippen LogP contribution in [0.4, 0.5) is 0 Å². The van der Waals surface area contributed by atoms with E-state index in [0.29, 0.717) is 48.8 Å². The average Bonchev–Trinajstić information content (AvgIpc) is 4.03. The fourth-order valence-electron chi connectivity index (χ4n) is 10.3. The summed E-state index contributed by atoms with van der Waals surface area (Å²) in [5.74, 6) is 1.66. The number of hydrogen-bond acceptors (Lipinski definition) is 10. The maximum atomic E-state index is 14.8. The minimum Gasteiger partial charge on any atom is -0.459 e. The third kappa shape index (κ3) is 8.11. The number of benzene rings is 4. The molecular formula is C50H56N2O9. The molecule has 6 atom stereocenters. The van der Waals surface area contributed by atoms with Crippen molar-refractivity contribution in [3.63, 3.8) is 0 Å². The average molecular weight is 829 g/mol. The number of hydrogen-bond donors (Lipinski definition) is 2. The van der Waals surface area contributed by atoms with Gasteiger partial charge < -0.3 is 43.6 Å². The Labute approximate surface area is 357 Å². The fourth-order valence-corrected chi connectivity index (χ4v) is 10.3. The molecule has 0 radical (unpaired) electrons. The number of ether oxygens (including phenoxy) is 5. The van der Waals surface area contributed by atoms with Gasteiger partial charge in [0.15, 0.2) is 11.5 Å². The Bertz CT molecular complexity index is 2300. The van der Waals surface area contributed by atoms with Crippen molar-refractivity contribution in [2.24, 2.45) is 28.8 Å². The van der Waals surface area contributed by atoms with Crippen LogP contribution in [0.15, 0.2) is 108 Å². The molecule has 4 aromatic carbocycles. The molecule has 5 aliphatic rings. The fraction of sp³-hybridized carbons (Fsp3) is 0.440. The summed E-state index contributed by atoms with van der Waals surface area (Å²) in [6, 6.07) is 25.6. The molecule has 0 aromatic heterocycles. The minimum atomic E-state index is -1.35. The van der Waals surface area contributed by atoms with Crippen molar-refractivity contribution in [2.45, 2.75) is 82.1 Å². The predicted octanol–water partition coefficient (Wildman–Crippen LogP) is 9.06. The van der Waals surface area contributed by atoms with Crippen LogP contribution < -0.4 is 18.9 Å². The van der Waals surface area contributed by atoms with Crippen LogP contribution >= 0.6 is 0 Å². The zero-order valence-electron chi connectivity index (χ0n) is 34.9. The monoisotopic (exact) mass is 828 g/mol. The second-order valence-electron chi connectivity index (χ2n) is 17.0. The van der Waals surface area contributed by atoms with E-state index in [1.165, 1.54) is 0 Å². The van der Waals surface area contributed by atoms with Gasteiger partial charge >= 0.3 is 0 Å². The summed E-state index contributed by atoms with van der Waals surface area (Å²) in [5, 5.41) is 26.9. The lowest BCUT2D eigenvalue weighted by molar-refractivity contribution is -0.258. The Balaban J connectivity index is 1.21. The van der Waals surface area contributed by atoms with E-state index in [4.69, 9.17) is 33.7 Å². The maximum absolute atomic E-state index is 14.8. The van der Waals surface area contributed by atoms with E-state index in [0.717, 1.165) is 77.5 Å². The molecule has 0 unspecified atom stereocenters. The number of nitrogens with zero attached hydrogens (tertiary/aromatic N) is 2. The van der Waals surface area contributed by atoms with Crippen molar-refractivity contribution in [1.29, 1.82) is 0 Å². The van der Waals surface area contributed by atoms with Gasteiger partial charge in [-0.3, -0.25) is 4.79 Å². The Morgan fingerprint density at radius 1 is 0.902 bits per heavy atom.